The van der Waals surface area contributed by atoms with Gasteiger partial charge in [-0.05, 0) is 83.6 Å². The van der Waals surface area contributed by atoms with E-state index in [0.717, 1.165) is 38.9 Å². The lowest BCUT2D eigenvalue weighted by atomic mass is 9.67. The van der Waals surface area contributed by atoms with Gasteiger partial charge in [-0.2, -0.15) is 0 Å². The first-order chi connectivity index (χ1) is 32.2. The average Bonchev–Trinajstić information content (AvgIpc) is 3.71. The van der Waals surface area contributed by atoms with Crippen LogP contribution in [0.4, 0.5) is 0 Å². The molecule has 0 radical (unpaired) electrons. The van der Waals surface area contributed by atoms with Crippen molar-refractivity contribution in [1.29, 1.82) is 0 Å². The number of aromatic nitrogens is 3. The fourth-order valence-electron chi connectivity index (χ4n) is 9.92. The number of fused-ring (bicyclic) bond motifs is 5. The van der Waals surface area contributed by atoms with Gasteiger partial charge in [0.2, 0.25) is 0 Å². The second-order valence-electron chi connectivity index (χ2n) is 16.7. The zero-order valence-electron chi connectivity index (χ0n) is 35.5. The van der Waals surface area contributed by atoms with Crippen LogP contribution in [0.15, 0.2) is 249 Å². The summed E-state index contributed by atoms with van der Waals surface area (Å²) in [6.45, 7) is 0. The van der Waals surface area contributed by atoms with Crippen LogP contribution in [0.1, 0.15) is 22.3 Å². The molecule has 0 saturated heterocycles. The van der Waals surface area contributed by atoms with Crippen LogP contribution in [0.2, 0.25) is 0 Å². The van der Waals surface area contributed by atoms with Gasteiger partial charge in [0.1, 0.15) is 0 Å². The van der Waals surface area contributed by atoms with E-state index in [-0.39, 0.29) is 0 Å². The third-order valence-electron chi connectivity index (χ3n) is 13.0. The Bertz CT molecular complexity index is 3490. The van der Waals surface area contributed by atoms with Crippen molar-refractivity contribution in [2.75, 3.05) is 0 Å². The van der Waals surface area contributed by atoms with Gasteiger partial charge in [-0.25, -0.2) is 15.0 Å². The molecular formula is C62H41N3. The minimum absolute atomic E-state index is 0.473. The number of hydrogen-bond acceptors (Lipinski definition) is 3. The first kappa shape index (κ1) is 38.2. The summed E-state index contributed by atoms with van der Waals surface area (Å²) in [6, 6.07) is 89.0. The topological polar surface area (TPSA) is 38.7 Å². The molecule has 10 aromatic carbocycles. The summed E-state index contributed by atoms with van der Waals surface area (Å²) in [4.78, 5) is 15.2. The van der Waals surface area contributed by atoms with Gasteiger partial charge in [-0.1, -0.05) is 243 Å². The molecule has 65 heavy (non-hydrogen) atoms. The summed E-state index contributed by atoms with van der Waals surface area (Å²) in [7, 11) is 0. The predicted molar refractivity (Wildman–Crippen MR) is 267 cm³/mol. The lowest BCUT2D eigenvalue weighted by Gasteiger charge is -2.34. The summed E-state index contributed by atoms with van der Waals surface area (Å²) >= 11 is 0. The molecule has 304 valence electrons. The molecule has 0 spiro atoms. The van der Waals surface area contributed by atoms with Gasteiger partial charge < -0.3 is 0 Å². The molecule has 0 fully saturated rings. The Labute approximate surface area is 379 Å². The first-order valence-corrected chi connectivity index (χ1v) is 22.2. The van der Waals surface area contributed by atoms with Gasteiger partial charge in [0.25, 0.3) is 0 Å². The van der Waals surface area contributed by atoms with E-state index >= 15 is 0 Å². The second kappa shape index (κ2) is 16.0. The van der Waals surface area contributed by atoms with Gasteiger partial charge in [0, 0.05) is 16.7 Å². The van der Waals surface area contributed by atoms with E-state index in [1.165, 1.54) is 55.3 Å². The highest BCUT2D eigenvalue weighted by atomic mass is 15.0. The lowest BCUT2D eigenvalue weighted by molar-refractivity contribution is 0.769. The Kier molecular flexibility index (Phi) is 9.39. The lowest BCUT2D eigenvalue weighted by Crippen LogP contribution is -2.28. The van der Waals surface area contributed by atoms with Crippen LogP contribution in [-0.4, -0.2) is 15.0 Å². The predicted octanol–water partition coefficient (Wildman–Crippen LogP) is 15.4. The van der Waals surface area contributed by atoms with Gasteiger partial charge in [-0.15, -0.1) is 0 Å². The summed E-state index contributed by atoms with van der Waals surface area (Å²) in [5, 5.41) is 2.54. The Balaban J connectivity index is 0.900. The number of nitrogens with zero attached hydrogens (tertiary/aromatic N) is 3. The van der Waals surface area contributed by atoms with Crippen molar-refractivity contribution in [3.8, 4) is 78.7 Å². The van der Waals surface area contributed by atoms with Gasteiger partial charge >= 0.3 is 0 Å². The first-order valence-electron chi connectivity index (χ1n) is 22.2. The minimum Gasteiger partial charge on any atom is -0.208 e. The zero-order valence-corrected chi connectivity index (χ0v) is 35.5. The summed E-state index contributed by atoms with van der Waals surface area (Å²) in [5.41, 5.74) is 17.0. The van der Waals surface area contributed by atoms with Crippen molar-refractivity contribution in [3.63, 3.8) is 0 Å². The van der Waals surface area contributed by atoms with E-state index in [1.807, 2.05) is 36.4 Å². The Morgan fingerprint density at radius 1 is 0.262 bits per heavy atom. The largest absolute Gasteiger partial charge is 0.208 e. The molecule has 0 bridgehead atoms. The maximum atomic E-state index is 5.12. The van der Waals surface area contributed by atoms with E-state index < -0.39 is 5.41 Å². The SMILES string of the molecule is c1ccc(-c2ccc(-c3cccc(-c4nc(-c5ccccc5)nc(-c5ccc(-c6ccc(C7(c8ccccc8)c8ccccc8-c8c7ccc7ccccc87)cc6)cc5)n4)c3)cc2)cc1. The highest BCUT2D eigenvalue weighted by molar-refractivity contribution is 6.04. The molecule has 0 aliphatic heterocycles. The van der Waals surface area contributed by atoms with Crippen molar-refractivity contribution < 1.29 is 0 Å². The molecule has 0 amide bonds. The van der Waals surface area contributed by atoms with Crippen LogP contribution in [0.25, 0.3) is 89.4 Å². The molecule has 12 rings (SSSR count). The monoisotopic (exact) mass is 827 g/mol. The van der Waals surface area contributed by atoms with Crippen LogP contribution in [0.5, 0.6) is 0 Å². The second-order valence-corrected chi connectivity index (χ2v) is 16.7. The van der Waals surface area contributed by atoms with Crippen LogP contribution >= 0.6 is 0 Å². The Morgan fingerprint density at radius 2 is 0.692 bits per heavy atom. The number of benzene rings is 10. The maximum absolute atomic E-state index is 5.12. The summed E-state index contributed by atoms with van der Waals surface area (Å²) in [5.74, 6) is 1.90. The fraction of sp³-hybridized carbons (Fsp3) is 0.0161. The highest BCUT2D eigenvalue weighted by Gasteiger charge is 2.46. The summed E-state index contributed by atoms with van der Waals surface area (Å²) in [6.07, 6.45) is 0. The van der Waals surface area contributed by atoms with Crippen LogP contribution in [-0.2, 0) is 5.41 Å². The van der Waals surface area contributed by atoms with E-state index in [9.17, 15) is 0 Å². The third-order valence-corrected chi connectivity index (χ3v) is 13.0. The molecule has 1 unspecified atom stereocenters. The Hall–Kier alpha value is -8.53. The molecule has 3 heteroatoms. The molecule has 11 aromatic rings. The fourth-order valence-corrected chi connectivity index (χ4v) is 9.92. The quantitative estimate of drug-likeness (QED) is 0.153. The standard InChI is InChI=1S/C62H41N3/c1-4-15-42(16-5-1)43-27-29-46(30-28-43)50-20-14-21-51(41-50)61-64-59(48-18-6-2-7-19-48)63-60(65-61)49-33-31-44(32-34-49)45-35-38-53(39-36-45)62(52-22-8-3-9-23-52)56-26-13-12-25-55(56)58-54-24-11-10-17-47(54)37-40-57(58)62/h1-41H. The van der Waals surface area contributed by atoms with Gasteiger partial charge in [0.15, 0.2) is 17.5 Å². The van der Waals surface area contributed by atoms with Crippen molar-refractivity contribution in [3.05, 3.63) is 271 Å². The maximum Gasteiger partial charge on any atom is 0.164 e. The van der Waals surface area contributed by atoms with Crippen molar-refractivity contribution >= 4 is 10.8 Å². The van der Waals surface area contributed by atoms with Crippen LogP contribution in [0.3, 0.4) is 0 Å². The van der Waals surface area contributed by atoms with Gasteiger partial charge in [0.05, 0.1) is 5.41 Å². The molecular weight excluding hydrogens is 787 g/mol. The van der Waals surface area contributed by atoms with Crippen LogP contribution in [0, 0.1) is 0 Å². The number of rotatable bonds is 8. The third kappa shape index (κ3) is 6.65. The van der Waals surface area contributed by atoms with Crippen molar-refractivity contribution in [2.24, 2.45) is 0 Å². The normalized spacial score (nSPS) is 13.9. The highest BCUT2D eigenvalue weighted by Crippen LogP contribution is 2.57. The van der Waals surface area contributed by atoms with E-state index in [1.54, 1.807) is 0 Å². The van der Waals surface area contributed by atoms with E-state index in [2.05, 4.69) is 212 Å². The molecule has 1 aromatic heterocycles. The van der Waals surface area contributed by atoms with Crippen LogP contribution < -0.4 is 0 Å². The van der Waals surface area contributed by atoms with E-state index in [0.29, 0.717) is 17.5 Å². The van der Waals surface area contributed by atoms with E-state index in [4.69, 9.17) is 15.0 Å². The summed E-state index contributed by atoms with van der Waals surface area (Å²) < 4.78 is 0. The molecule has 0 N–H and O–H groups in total. The van der Waals surface area contributed by atoms with Gasteiger partial charge in [-0.3, -0.25) is 0 Å². The molecule has 1 aliphatic carbocycles. The van der Waals surface area contributed by atoms with Crippen molar-refractivity contribution in [1.82, 2.24) is 15.0 Å². The Morgan fingerprint density at radius 3 is 1.35 bits per heavy atom. The molecule has 3 nitrogen and oxygen atoms in total. The molecule has 1 heterocycles. The minimum atomic E-state index is -0.473. The molecule has 1 aliphatic rings. The van der Waals surface area contributed by atoms with Crippen molar-refractivity contribution in [2.45, 2.75) is 5.41 Å². The molecule has 0 saturated carbocycles. The average molecular weight is 828 g/mol. The smallest absolute Gasteiger partial charge is 0.164 e. The number of hydrogen-bond donors (Lipinski definition) is 0. The molecule has 1 atom stereocenters. The zero-order chi connectivity index (χ0) is 43.2.